The lowest BCUT2D eigenvalue weighted by Crippen LogP contribution is -2.28. The Hall–Kier alpha value is -2.13. The number of piperidine rings is 1. The van der Waals surface area contributed by atoms with Crippen LogP contribution in [0, 0.1) is 0 Å². The molecule has 3 nitrogen and oxygen atoms in total. The van der Waals surface area contributed by atoms with Gasteiger partial charge in [0.05, 0.1) is 0 Å². The zero-order valence-electron chi connectivity index (χ0n) is 12.7. The molecule has 0 bridgehead atoms. The van der Waals surface area contributed by atoms with Crippen LogP contribution in [0.15, 0.2) is 48.5 Å². The fourth-order valence-electron chi connectivity index (χ4n) is 2.79. The zero-order chi connectivity index (χ0) is 15.2. The second kappa shape index (κ2) is 7.23. The minimum atomic E-state index is 0.657. The number of carbonyl (C=O) groups is 1. The summed E-state index contributed by atoms with van der Waals surface area (Å²) in [6.45, 7) is 3.44. The average molecular weight is 295 g/mol. The molecule has 1 fully saturated rings. The number of aldehydes is 1. The quantitative estimate of drug-likeness (QED) is 0.771. The first-order valence-corrected chi connectivity index (χ1v) is 7.88. The molecule has 0 unspecified atom stereocenters. The number of hydrogen-bond donors (Lipinski definition) is 0. The second-order valence-electron chi connectivity index (χ2n) is 5.77. The smallest absolute Gasteiger partial charge is 0.150 e. The summed E-state index contributed by atoms with van der Waals surface area (Å²) in [5.41, 5.74) is 1.98. The predicted molar refractivity (Wildman–Crippen MR) is 87.5 cm³/mol. The summed E-state index contributed by atoms with van der Waals surface area (Å²) in [6.07, 6.45) is 4.83. The molecule has 3 heteroatoms. The van der Waals surface area contributed by atoms with Crippen molar-refractivity contribution < 1.29 is 9.53 Å². The van der Waals surface area contributed by atoms with E-state index in [0.717, 1.165) is 24.3 Å². The van der Waals surface area contributed by atoms with Crippen LogP contribution in [0.1, 0.15) is 35.2 Å². The third-order valence-electron chi connectivity index (χ3n) is 4.03. The Kier molecular flexibility index (Phi) is 4.86. The van der Waals surface area contributed by atoms with Crippen molar-refractivity contribution >= 4 is 6.29 Å². The first-order chi connectivity index (χ1) is 10.8. The van der Waals surface area contributed by atoms with Gasteiger partial charge in [-0.15, -0.1) is 0 Å². The van der Waals surface area contributed by atoms with E-state index in [2.05, 4.69) is 17.0 Å². The van der Waals surface area contributed by atoms with Gasteiger partial charge in [-0.05, 0) is 67.9 Å². The van der Waals surface area contributed by atoms with E-state index in [1.165, 1.54) is 37.9 Å². The van der Waals surface area contributed by atoms with Gasteiger partial charge in [0.25, 0.3) is 0 Å². The van der Waals surface area contributed by atoms with Crippen LogP contribution in [0.5, 0.6) is 11.5 Å². The summed E-state index contributed by atoms with van der Waals surface area (Å²) in [4.78, 5) is 13.1. The number of nitrogens with zero attached hydrogens (tertiary/aromatic N) is 1. The number of likely N-dealkylation sites (tertiary alicyclic amines) is 1. The highest BCUT2D eigenvalue weighted by atomic mass is 16.5. The molecule has 0 saturated carbocycles. The van der Waals surface area contributed by atoms with Crippen LogP contribution in [-0.4, -0.2) is 24.3 Å². The molecule has 0 atom stereocenters. The first kappa shape index (κ1) is 14.8. The lowest BCUT2D eigenvalue weighted by molar-refractivity contribution is 0.112. The minimum Gasteiger partial charge on any atom is -0.457 e. The zero-order valence-corrected chi connectivity index (χ0v) is 12.7. The van der Waals surface area contributed by atoms with Crippen molar-refractivity contribution in [1.29, 1.82) is 0 Å². The highest BCUT2D eigenvalue weighted by molar-refractivity contribution is 5.74. The van der Waals surface area contributed by atoms with E-state index in [-0.39, 0.29) is 0 Å². The van der Waals surface area contributed by atoms with Crippen molar-refractivity contribution in [3.8, 4) is 11.5 Å². The van der Waals surface area contributed by atoms with Crippen LogP contribution in [0.2, 0.25) is 0 Å². The van der Waals surface area contributed by atoms with Crippen molar-refractivity contribution in [3.63, 3.8) is 0 Å². The molecule has 0 spiro atoms. The van der Waals surface area contributed by atoms with Crippen LogP contribution in [0.4, 0.5) is 0 Å². The molecule has 0 amide bonds. The van der Waals surface area contributed by atoms with Gasteiger partial charge in [-0.3, -0.25) is 9.69 Å². The Labute approximate surface area is 131 Å². The van der Waals surface area contributed by atoms with Crippen LogP contribution in [-0.2, 0) is 6.54 Å². The van der Waals surface area contributed by atoms with Crippen molar-refractivity contribution in [1.82, 2.24) is 4.90 Å². The molecular weight excluding hydrogens is 274 g/mol. The fourth-order valence-corrected chi connectivity index (χ4v) is 2.79. The van der Waals surface area contributed by atoms with Crippen LogP contribution in [0.3, 0.4) is 0 Å². The minimum absolute atomic E-state index is 0.657. The molecule has 0 radical (unpaired) electrons. The van der Waals surface area contributed by atoms with E-state index >= 15 is 0 Å². The van der Waals surface area contributed by atoms with Crippen LogP contribution < -0.4 is 4.74 Å². The Bertz CT molecular complexity index is 598. The largest absolute Gasteiger partial charge is 0.457 e. The molecule has 0 aliphatic carbocycles. The van der Waals surface area contributed by atoms with E-state index in [1.807, 2.05) is 24.3 Å². The van der Waals surface area contributed by atoms with E-state index in [1.54, 1.807) is 12.1 Å². The van der Waals surface area contributed by atoms with Crippen LogP contribution in [0.25, 0.3) is 0 Å². The van der Waals surface area contributed by atoms with Crippen molar-refractivity contribution in [2.75, 3.05) is 13.1 Å². The van der Waals surface area contributed by atoms with Gasteiger partial charge in [0.2, 0.25) is 0 Å². The van der Waals surface area contributed by atoms with Gasteiger partial charge >= 0.3 is 0 Å². The normalized spacial score (nSPS) is 15.5. The maximum absolute atomic E-state index is 10.6. The third kappa shape index (κ3) is 3.95. The Morgan fingerprint density at radius 3 is 2.05 bits per heavy atom. The first-order valence-electron chi connectivity index (χ1n) is 7.88. The van der Waals surface area contributed by atoms with Crippen molar-refractivity contribution in [2.45, 2.75) is 25.8 Å². The van der Waals surface area contributed by atoms with Gasteiger partial charge in [-0.1, -0.05) is 18.6 Å². The Morgan fingerprint density at radius 2 is 1.45 bits per heavy atom. The fraction of sp³-hybridized carbons (Fsp3) is 0.316. The Morgan fingerprint density at radius 1 is 0.864 bits per heavy atom. The molecule has 0 N–H and O–H groups in total. The summed E-state index contributed by atoms with van der Waals surface area (Å²) >= 11 is 0. The Balaban J connectivity index is 1.59. The summed E-state index contributed by atoms with van der Waals surface area (Å²) in [5.74, 6) is 1.57. The SMILES string of the molecule is O=Cc1ccc(Oc2ccc(CN3CCCCC3)cc2)cc1. The van der Waals surface area contributed by atoms with Gasteiger partial charge < -0.3 is 4.74 Å². The monoisotopic (exact) mass is 295 g/mol. The van der Waals surface area contributed by atoms with Gasteiger partial charge in [0, 0.05) is 12.1 Å². The average Bonchev–Trinajstić information content (AvgIpc) is 2.58. The number of ether oxygens (including phenoxy) is 1. The number of benzene rings is 2. The molecule has 1 aliphatic heterocycles. The summed E-state index contributed by atoms with van der Waals surface area (Å²) in [5, 5.41) is 0. The van der Waals surface area contributed by atoms with Crippen molar-refractivity contribution in [2.24, 2.45) is 0 Å². The molecule has 0 aromatic heterocycles. The predicted octanol–water partition coefficient (Wildman–Crippen LogP) is 4.28. The van der Waals surface area contributed by atoms with E-state index < -0.39 is 0 Å². The van der Waals surface area contributed by atoms with Gasteiger partial charge in [-0.2, -0.15) is 0 Å². The molecule has 2 aromatic rings. The number of rotatable bonds is 5. The van der Waals surface area contributed by atoms with E-state index in [0.29, 0.717) is 5.56 Å². The summed E-state index contributed by atoms with van der Waals surface area (Å²) < 4.78 is 5.79. The topological polar surface area (TPSA) is 29.5 Å². The van der Waals surface area contributed by atoms with Crippen molar-refractivity contribution in [3.05, 3.63) is 59.7 Å². The molecule has 1 saturated heterocycles. The second-order valence-corrected chi connectivity index (χ2v) is 5.77. The molecular formula is C19H21NO2. The van der Waals surface area contributed by atoms with Gasteiger partial charge in [0.1, 0.15) is 17.8 Å². The van der Waals surface area contributed by atoms with E-state index in [4.69, 9.17) is 4.74 Å². The lowest BCUT2D eigenvalue weighted by atomic mass is 10.1. The molecule has 114 valence electrons. The maximum atomic E-state index is 10.6. The maximum Gasteiger partial charge on any atom is 0.150 e. The standard InChI is InChI=1S/C19H21NO2/c21-15-17-6-10-19(11-7-17)22-18-8-4-16(5-9-18)14-20-12-2-1-3-13-20/h4-11,15H,1-3,12-14H2. The van der Waals surface area contributed by atoms with Crippen LogP contribution >= 0.6 is 0 Å². The third-order valence-corrected chi connectivity index (χ3v) is 4.03. The molecule has 1 aliphatic rings. The van der Waals surface area contributed by atoms with Gasteiger partial charge in [0.15, 0.2) is 0 Å². The highest BCUT2D eigenvalue weighted by Crippen LogP contribution is 2.22. The summed E-state index contributed by atoms with van der Waals surface area (Å²) in [7, 11) is 0. The molecule has 2 aromatic carbocycles. The lowest BCUT2D eigenvalue weighted by Gasteiger charge is -2.26. The molecule has 3 rings (SSSR count). The van der Waals surface area contributed by atoms with E-state index in [9.17, 15) is 4.79 Å². The molecule has 1 heterocycles. The highest BCUT2D eigenvalue weighted by Gasteiger charge is 2.10. The summed E-state index contributed by atoms with van der Waals surface area (Å²) in [6, 6.07) is 15.4. The molecule has 22 heavy (non-hydrogen) atoms. The number of carbonyl (C=O) groups excluding carboxylic acids is 1. The van der Waals surface area contributed by atoms with Gasteiger partial charge in [-0.25, -0.2) is 0 Å². The number of hydrogen-bond acceptors (Lipinski definition) is 3.